The van der Waals surface area contributed by atoms with Crippen LogP contribution in [0.3, 0.4) is 0 Å². The minimum Gasteiger partial charge on any atom is -0.326 e. The lowest BCUT2D eigenvalue weighted by molar-refractivity contribution is 1.07. The van der Waals surface area contributed by atoms with Crippen molar-refractivity contribution >= 4 is 11.6 Å². The molecule has 3 nitrogen and oxygen atoms in total. The fourth-order valence-electron chi connectivity index (χ4n) is 1.36. The molecule has 1 aromatic carbocycles. The highest BCUT2D eigenvalue weighted by Crippen LogP contribution is 2.23. The molecule has 4 heteroatoms. The van der Waals surface area contributed by atoms with E-state index >= 15 is 0 Å². The Morgan fingerprint density at radius 1 is 1.13 bits per heavy atom. The van der Waals surface area contributed by atoms with E-state index in [1.54, 1.807) is 12.4 Å². The normalized spacial score (nSPS) is 10.3. The zero-order valence-electron chi connectivity index (χ0n) is 8.02. The molecule has 0 saturated heterocycles. The lowest BCUT2D eigenvalue weighted by atomic mass is 10.1. The van der Waals surface area contributed by atoms with E-state index in [-0.39, 0.29) is 0 Å². The van der Waals surface area contributed by atoms with Gasteiger partial charge in [0.1, 0.15) is 6.33 Å². The molecule has 0 bridgehead atoms. The highest BCUT2D eigenvalue weighted by Gasteiger charge is 2.02. The summed E-state index contributed by atoms with van der Waals surface area (Å²) in [5.41, 5.74) is 8.50. The molecule has 15 heavy (non-hydrogen) atoms. The maximum absolute atomic E-state index is 5.97. The number of rotatable bonds is 2. The van der Waals surface area contributed by atoms with Crippen molar-refractivity contribution in [2.75, 3.05) is 0 Å². The van der Waals surface area contributed by atoms with Crippen LogP contribution < -0.4 is 5.73 Å². The van der Waals surface area contributed by atoms with Crippen molar-refractivity contribution in [3.63, 3.8) is 0 Å². The number of halogens is 1. The number of aromatic nitrogens is 2. The Morgan fingerprint density at radius 3 is 2.53 bits per heavy atom. The highest BCUT2D eigenvalue weighted by molar-refractivity contribution is 6.31. The Labute approximate surface area is 92.9 Å². The molecule has 0 radical (unpaired) electrons. The van der Waals surface area contributed by atoms with Crippen molar-refractivity contribution in [3.8, 4) is 11.1 Å². The fourth-order valence-corrected chi connectivity index (χ4v) is 1.55. The molecular weight excluding hydrogens is 210 g/mol. The van der Waals surface area contributed by atoms with E-state index in [4.69, 9.17) is 17.3 Å². The lowest BCUT2D eigenvalue weighted by Gasteiger charge is -2.05. The molecular formula is C11H10ClN3. The summed E-state index contributed by atoms with van der Waals surface area (Å²) in [6, 6.07) is 5.73. The van der Waals surface area contributed by atoms with Crippen LogP contribution in [0.5, 0.6) is 0 Å². The summed E-state index contributed by atoms with van der Waals surface area (Å²) < 4.78 is 0. The largest absolute Gasteiger partial charge is 0.326 e. The van der Waals surface area contributed by atoms with Crippen LogP contribution in [0.4, 0.5) is 0 Å². The third-order valence-electron chi connectivity index (χ3n) is 2.16. The smallest absolute Gasteiger partial charge is 0.115 e. The Balaban J connectivity index is 2.46. The average Bonchev–Trinajstić information content (AvgIpc) is 2.31. The van der Waals surface area contributed by atoms with Crippen LogP contribution in [-0.4, -0.2) is 9.97 Å². The van der Waals surface area contributed by atoms with Crippen LogP contribution in [-0.2, 0) is 6.54 Å². The van der Waals surface area contributed by atoms with Crippen molar-refractivity contribution in [1.29, 1.82) is 0 Å². The van der Waals surface area contributed by atoms with Crippen LogP contribution in [0, 0.1) is 0 Å². The highest BCUT2D eigenvalue weighted by atomic mass is 35.5. The predicted octanol–water partition coefficient (Wildman–Crippen LogP) is 2.26. The molecule has 1 heterocycles. The first-order valence-corrected chi connectivity index (χ1v) is 4.93. The molecule has 0 atom stereocenters. The van der Waals surface area contributed by atoms with Crippen LogP contribution in [0.1, 0.15) is 5.56 Å². The zero-order chi connectivity index (χ0) is 10.7. The Hall–Kier alpha value is -1.45. The van der Waals surface area contributed by atoms with Crippen molar-refractivity contribution in [2.45, 2.75) is 6.54 Å². The molecule has 0 saturated carbocycles. The van der Waals surface area contributed by atoms with Gasteiger partial charge < -0.3 is 5.73 Å². The topological polar surface area (TPSA) is 51.8 Å². The van der Waals surface area contributed by atoms with Gasteiger partial charge in [0.15, 0.2) is 0 Å². The summed E-state index contributed by atoms with van der Waals surface area (Å²) in [5.74, 6) is 0. The van der Waals surface area contributed by atoms with Crippen LogP contribution >= 0.6 is 11.6 Å². The van der Waals surface area contributed by atoms with Crippen molar-refractivity contribution in [3.05, 3.63) is 47.5 Å². The van der Waals surface area contributed by atoms with Gasteiger partial charge in [-0.2, -0.15) is 0 Å². The van der Waals surface area contributed by atoms with Crippen molar-refractivity contribution in [1.82, 2.24) is 9.97 Å². The molecule has 0 amide bonds. The second-order valence-electron chi connectivity index (χ2n) is 3.14. The first kappa shape index (κ1) is 10.1. The van der Waals surface area contributed by atoms with Crippen molar-refractivity contribution in [2.24, 2.45) is 5.73 Å². The van der Waals surface area contributed by atoms with Gasteiger partial charge >= 0.3 is 0 Å². The lowest BCUT2D eigenvalue weighted by Crippen LogP contribution is -1.97. The molecule has 0 aliphatic carbocycles. The number of nitrogens with zero attached hydrogens (tertiary/aromatic N) is 2. The number of hydrogen-bond donors (Lipinski definition) is 1. The summed E-state index contributed by atoms with van der Waals surface area (Å²) >= 11 is 5.97. The van der Waals surface area contributed by atoms with Gasteiger partial charge in [0.2, 0.25) is 0 Å². The predicted molar refractivity (Wildman–Crippen MR) is 60.4 cm³/mol. The van der Waals surface area contributed by atoms with Crippen LogP contribution in [0.2, 0.25) is 5.02 Å². The molecule has 0 fully saturated rings. The standard InChI is InChI=1S/C11H10ClN3/c12-11-2-1-8(3-9(11)4-13)10-5-14-7-15-6-10/h1-3,5-7H,4,13H2. The Kier molecular flexibility index (Phi) is 2.94. The summed E-state index contributed by atoms with van der Waals surface area (Å²) in [6.45, 7) is 0.431. The van der Waals surface area contributed by atoms with E-state index in [2.05, 4.69) is 9.97 Å². The second-order valence-corrected chi connectivity index (χ2v) is 3.54. The van der Waals surface area contributed by atoms with E-state index in [9.17, 15) is 0 Å². The summed E-state index contributed by atoms with van der Waals surface area (Å²) in [7, 11) is 0. The Bertz CT molecular complexity index is 457. The minimum absolute atomic E-state index is 0.431. The summed E-state index contributed by atoms with van der Waals surface area (Å²) in [6.07, 6.45) is 5.02. The van der Waals surface area contributed by atoms with Crippen molar-refractivity contribution < 1.29 is 0 Å². The quantitative estimate of drug-likeness (QED) is 0.843. The van der Waals surface area contributed by atoms with E-state index in [1.165, 1.54) is 6.33 Å². The molecule has 1 aromatic heterocycles. The number of hydrogen-bond acceptors (Lipinski definition) is 3. The maximum Gasteiger partial charge on any atom is 0.115 e. The van der Waals surface area contributed by atoms with Crippen LogP contribution in [0.15, 0.2) is 36.9 Å². The van der Waals surface area contributed by atoms with E-state index < -0.39 is 0 Å². The molecule has 2 aromatic rings. The SMILES string of the molecule is NCc1cc(-c2cncnc2)ccc1Cl. The molecule has 0 unspecified atom stereocenters. The van der Waals surface area contributed by atoms with Gasteiger partial charge in [-0.25, -0.2) is 9.97 Å². The summed E-state index contributed by atoms with van der Waals surface area (Å²) in [4.78, 5) is 7.93. The van der Waals surface area contributed by atoms with Gasteiger partial charge in [-0.05, 0) is 23.3 Å². The first-order chi connectivity index (χ1) is 7.31. The fraction of sp³-hybridized carbons (Fsp3) is 0.0909. The molecule has 2 rings (SSSR count). The summed E-state index contributed by atoms with van der Waals surface area (Å²) in [5, 5.41) is 0.693. The van der Waals surface area contributed by atoms with Gasteiger partial charge in [0.25, 0.3) is 0 Å². The molecule has 0 aliphatic rings. The van der Waals surface area contributed by atoms with Crippen LogP contribution in [0.25, 0.3) is 11.1 Å². The molecule has 2 N–H and O–H groups in total. The minimum atomic E-state index is 0.431. The van der Waals surface area contributed by atoms with Gasteiger partial charge in [0.05, 0.1) is 0 Å². The van der Waals surface area contributed by atoms with E-state index in [0.29, 0.717) is 11.6 Å². The third-order valence-corrected chi connectivity index (χ3v) is 2.53. The Morgan fingerprint density at radius 2 is 1.87 bits per heavy atom. The van der Waals surface area contributed by atoms with Gasteiger partial charge in [-0.15, -0.1) is 0 Å². The van der Waals surface area contributed by atoms with Gasteiger partial charge in [-0.1, -0.05) is 17.7 Å². The third kappa shape index (κ3) is 2.14. The molecule has 0 spiro atoms. The first-order valence-electron chi connectivity index (χ1n) is 4.55. The molecule has 0 aliphatic heterocycles. The molecule has 76 valence electrons. The monoisotopic (exact) mass is 219 g/mol. The number of nitrogens with two attached hydrogens (primary N) is 1. The van der Waals surface area contributed by atoms with E-state index in [1.807, 2.05) is 18.2 Å². The average molecular weight is 220 g/mol. The maximum atomic E-state index is 5.97. The van der Waals surface area contributed by atoms with Gasteiger partial charge in [0, 0.05) is 29.5 Å². The van der Waals surface area contributed by atoms with E-state index in [0.717, 1.165) is 16.7 Å². The number of benzene rings is 1. The van der Waals surface area contributed by atoms with Gasteiger partial charge in [-0.3, -0.25) is 0 Å². The zero-order valence-corrected chi connectivity index (χ0v) is 8.78. The second kappa shape index (κ2) is 4.38.